The molecule has 3 rings (SSSR count). The lowest BCUT2D eigenvalue weighted by Crippen LogP contribution is -2.42. The highest BCUT2D eigenvalue weighted by Gasteiger charge is 2.34. The van der Waals surface area contributed by atoms with E-state index in [4.69, 9.17) is 16.9 Å². The molecule has 0 amide bonds. The fourth-order valence-corrected chi connectivity index (χ4v) is 3.24. The van der Waals surface area contributed by atoms with Crippen molar-refractivity contribution in [3.63, 3.8) is 0 Å². The summed E-state index contributed by atoms with van der Waals surface area (Å²) >= 11 is 5.90. The van der Waals surface area contributed by atoms with Crippen molar-refractivity contribution in [1.29, 1.82) is 5.26 Å². The molecule has 0 saturated carbocycles. The van der Waals surface area contributed by atoms with E-state index in [1.54, 1.807) is 24.3 Å². The quantitative estimate of drug-likeness (QED) is 0.920. The van der Waals surface area contributed by atoms with Crippen LogP contribution in [-0.2, 0) is 12.1 Å². The Morgan fingerprint density at radius 3 is 2.42 bits per heavy atom. The van der Waals surface area contributed by atoms with Crippen molar-refractivity contribution in [2.24, 2.45) is 0 Å². The van der Waals surface area contributed by atoms with Gasteiger partial charge in [-0.2, -0.15) is 5.26 Å². The van der Waals surface area contributed by atoms with Crippen molar-refractivity contribution >= 4 is 11.6 Å². The maximum Gasteiger partial charge on any atom is 0.129 e. The molecule has 0 radical (unpaired) electrons. The molecule has 1 saturated heterocycles. The molecule has 1 aliphatic heterocycles. The summed E-state index contributed by atoms with van der Waals surface area (Å²) in [6.45, 7) is 1.84. The minimum atomic E-state index is -0.857. The molecule has 0 bridgehead atoms. The molecule has 2 aromatic carbocycles. The lowest BCUT2D eigenvalue weighted by atomic mass is 9.84. The minimum Gasteiger partial charge on any atom is -0.385 e. The minimum absolute atomic E-state index is 0.326. The molecule has 0 aliphatic carbocycles. The molecule has 24 heavy (non-hydrogen) atoms. The molecule has 5 heteroatoms. The Balaban J connectivity index is 1.65. The monoisotopic (exact) mass is 344 g/mol. The Hall–Kier alpha value is -1.93. The van der Waals surface area contributed by atoms with Gasteiger partial charge in [-0.25, -0.2) is 4.39 Å². The van der Waals surface area contributed by atoms with E-state index in [9.17, 15) is 9.50 Å². The van der Waals surface area contributed by atoms with Crippen molar-refractivity contribution in [1.82, 2.24) is 4.90 Å². The fourth-order valence-electron chi connectivity index (χ4n) is 3.12. The van der Waals surface area contributed by atoms with Gasteiger partial charge in [-0.3, -0.25) is 4.90 Å². The van der Waals surface area contributed by atoms with E-state index in [0.717, 1.165) is 5.56 Å². The third-order valence-corrected chi connectivity index (χ3v) is 4.89. The van der Waals surface area contributed by atoms with Gasteiger partial charge in [0.2, 0.25) is 0 Å². The maximum atomic E-state index is 14.0. The van der Waals surface area contributed by atoms with Crippen LogP contribution in [0.15, 0.2) is 42.5 Å². The van der Waals surface area contributed by atoms with Crippen LogP contribution in [0.5, 0.6) is 0 Å². The number of nitrogens with zero attached hydrogens (tertiary/aromatic N) is 2. The van der Waals surface area contributed by atoms with E-state index < -0.39 is 5.60 Å². The summed E-state index contributed by atoms with van der Waals surface area (Å²) in [6.07, 6.45) is 1.18. The summed E-state index contributed by atoms with van der Waals surface area (Å²) in [4.78, 5) is 2.12. The van der Waals surface area contributed by atoms with E-state index in [1.165, 1.54) is 6.07 Å². The molecule has 0 spiro atoms. The van der Waals surface area contributed by atoms with Crippen LogP contribution in [-0.4, -0.2) is 23.1 Å². The topological polar surface area (TPSA) is 47.3 Å². The molecule has 1 fully saturated rings. The molecule has 1 N–H and O–H groups in total. The first-order valence-corrected chi connectivity index (χ1v) is 8.27. The van der Waals surface area contributed by atoms with Crippen LogP contribution in [0, 0.1) is 17.1 Å². The second kappa shape index (κ2) is 6.90. The Bertz CT molecular complexity index is 762. The van der Waals surface area contributed by atoms with Crippen LogP contribution in [0.2, 0.25) is 5.02 Å². The number of nitriles is 1. The predicted octanol–water partition coefficient (Wildman–Crippen LogP) is 3.83. The van der Waals surface area contributed by atoms with Crippen LogP contribution >= 0.6 is 11.6 Å². The SMILES string of the molecule is N#Cc1ccc(CN2CCC(O)(c3ccc(Cl)cc3)CC2)c(F)c1. The van der Waals surface area contributed by atoms with Gasteiger partial charge in [0.05, 0.1) is 17.2 Å². The van der Waals surface area contributed by atoms with Gasteiger partial charge in [-0.15, -0.1) is 0 Å². The third kappa shape index (κ3) is 3.59. The van der Waals surface area contributed by atoms with Gasteiger partial charge >= 0.3 is 0 Å². The number of rotatable bonds is 3. The third-order valence-electron chi connectivity index (χ3n) is 4.64. The molecule has 1 aliphatic rings. The Morgan fingerprint density at radius 1 is 1.17 bits per heavy atom. The van der Waals surface area contributed by atoms with E-state index in [-0.39, 0.29) is 5.82 Å². The van der Waals surface area contributed by atoms with Gasteiger partial charge in [-0.1, -0.05) is 29.8 Å². The maximum absolute atomic E-state index is 14.0. The van der Waals surface area contributed by atoms with Gasteiger partial charge < -0.3 is 5.11 Å². The molecule has 0 atom stereocenters. The largest absolute Gasteiger partial charge is 0.385 e. The predicted molar refractivity (Wildman–Crippen MR) is 91.0 cm³/mol. The second-order valence-electron chi connectivity index (χ2n) is 6.23. The van der Waals surface area contributed by atoms with Crippen LogP contribution in [0.3, 0.4) is 0 Å². The molecule has 3 nitrogen and oxygen atoms in total. The normalized spacial score (nSPS) is 17.4. The van der Waals surface area contributed by atoms with E-state index in [1.807, 2.05) is 18.2 Å². The standard InChI is InChI=1S/C19H18ClFN2O/c20-17-5-3-16(4-6-17)19(24)7-9-23(10-8-19)13-15-2-1-14(12-22)11-18(15)21/h1-6,11,24H,7-10,13H2. The first kappa shape index (κ1) is 16.9. The molecular formula is C19H18ClFN2O. The zero-order valence-corrected chi connectivity index (χ0v) is 13.9. The average molecular weight is 345 g/mol. The summed E-state index contributed by atoms with van der Waals surface area (Å²) < 4.78 is 14.0. The van der Waals surface area contributed by atoms with E-state index >= 15 is 0 Å². The van der Waals surface area contributed by atoms with Crippen molar-refractivity contribution < 1.29 is 9.50 Å². The van der Waals surface area contributed by atoms with Gasteiger partial charge in [0.15, 0.2) is 0 Å². The van der Waals surface area contributed by atoms with Crippen LogP contribution in [0.4, 0.5) is 4.39 Å². The van der Waals surface area contributed by atoms with Gasteiger partial charge in [0, 0.05) is 30.2 Å². The van der Waals surface area contributed by atoms with Crippen LogP contribution in [0.25, 0.3) is 0 Å². The molecule has 0 unspecified atom stereocenters. The summed E-state index contributed by atoms with van der Waals surface area (Å²) in [5, 5.41) is 20.3. The molecule has 124 valence electrons. The number of likely N-dealkylation sites (tertiary alicyclic amines) is 1. The highest BCUT2D eigenvalue weighted by molar-refractivity contribution is 6.30. The summed E-state index contributed by atoms with van der Waals surface area (Å²) in [6, 6.07) is 13.8. The van der Waals surface area contributed by atoms with Crippen molar-refractivity contribution in [3.05, 3.63) is 70.0 Å². The molecular weight excluding hydrogens is 327 g/mol. The lowest BCUT2D eigenvalue weighted by molar-refractivity contribution is -0.0279. The zero-order chi connectivity index (χ0) is 17.2. The summed E-state index contributed by atoms with van der Waals surface area (Å²) in [7, 11) is 0. The van der Waals surface area contributed by atoms with E-state index in [2.05, 4.69) is 4.90 Å². The van der Waals surface area contributed by atoms with Gasteiger partial charge in [-0.05, 0) is 42.7 Å². The van der Waals surface area contributed by atoms with Crippen LogP contribution < -0.4 is 0 Å². The Morgan fingerprint density at radius 2 is 1.83 bits per heavy atom. The summed E-state index contributed by atoms with van der Waals surface area (Å²) in [5.74, 6) is -0.354. The molecule has 2 aromatic rings. The average Bonchev–Trinajstić information content (AvgIpc) is 2.59. The van der Waals surface area contributed by atoms with E-state index in [0.29, 0.717) is 48.6 Å². The van der Waals surface area contributed by atoms with Gasteiger partial charge in [0.25, 0.3) is 0 Å². The first-order valence-electron chi connectivity index (χ1n) is 7.89. The summed E-state index contributed by atoms with van der Waals surface area (Å²) in [5.41, 5.74) is 0.915. The van der Waals surface area contributed by atoms with Crippen LogP contribution in [0.1, 0.15) is 29.5 Å². The second-order valence-corrected chi connectivity index (χ2v) is 6.67. The fraction of sp³-hybridized carbons (Fsp3) is 0.316. The Kier molecular flexibility index (Phi) is 4.86. The number of hydrogen-bond acceptors (Lipinski definition) is 3. The Labute approximate surface area is 145 Å². The number of piperidine rings is 1. The van der Waals surface area contributed by atoms with Crippen molar-refractivity contribution in [2.75, 3.05) is 13.1 Å². The first-order chi connectivity index (χ1) is 11.5. The zero-order valence-electron chi connectivity index (χ0n) is 13.2. The number of aliphatic hydroxyl groups is 1. The number of hydrogen-bond donors (Lipinski definition) is 1. The molecule has 1 heterocycles. The van der Waals surface area contributed by atoms with Crippen molar-refractivity contribution in [2.45, 2.75) is 25.0 Å². The lowest BCUT2D eigenvalue weighted by Gasteiger charge is -2.38. The number of halogens is 2. The smallest absolute Gasteiger partial charge is 0.129 e. The van der Waals surface area contributed by atoms with Crippen molar-refractivity contribution in [3.8, 4) is 6.07 Å². The molecule has 0 aromatic heterocycles. The van der Waals surface area contributed by atoms with Gasteiger partial charge in [0.1, 0.15) is 5.82 Å². The number of benzene rings is 2. The highest BCUT2D eigenvalue weighted by atomic mass is 35.5. The highest BCUT2D eigenvalue weighted by Crippen LogP contribution is 2.34.